The van der Waals surface area contributed by atoms with Gasteiger partial charge in [0.05, 0.1) is 21.3 Å². The van der Waals surface area contributed by atoms with Gasteiger partial charge in [0.1, 0.15) is 18.1 Å². The summed E-state index contributed by atoms with van der Waals surface area (Å²) in [5, 5.41) is 2.89. The van der Waals surface area contributed by atoms with Gasteiger partial charge in [-0.2, -0.15) is 0 Å². The van der Waals surface area contributed by atoms with Crippen LogP contribution in [0.5, 0.6) is 23.0 Å². The van der Waals surface area contributed by atoms with Crippen molar-refractivity contribution in [2.75, 3.05) is 21.3 Å². The molecule has 3 aromatic rings. The quantitative estimate of drug-likeness (QED) is 0.583. The van der Waals surface area contributed by atoms with Crippen molar-refractivity contribution in [1.29, 1.82) is 0 Å². The Morgan fingerprint density at radius 3 is 2.27 bits per heavy atom. The molecule has 1 N–H and O–H groups in total. The largest absolute Gasteiger partial charge is 0.496 e. The number of pyridine rings is 1. The van der Waals surface area contributed by atoms with Crippen molar-refractivity contribution < 1.29 is 23.7 Å². The van der Waals surface area contributed by atoms with Gasteiger partial charge in [0, 0.05) is 41.7 Å². The summed E-state index contributed by atoms with van der Waals surface area (Å²) in [6.07, 6.45) is 3.47. The summed E-state index contributed by atoms with van der Waals surface area (Å²) in [5.74, 6) is 2.21. The van der Waals surface area contributed by atoms with Crippen LogP contribution in [0.1, 0.15) is 21.5 Å². The number of hydrogen-bond acceptors (Lipinski definition) is 6. The molecule has 0 saturated carbocycles. The molecule has 0 aliphatic heterocycles. The minimum atomic E-state index is -0.203. The molecule has 0 saturated heterocycles. The summed E-state index contributed by atoms with van der Waals surface area (Å²) in [6.45, 7) is 0.695. The molecule has 7 nitrogen and oxygen atoms in total. The van der Waals surface area contributed by atoms with E-state index in [2.05, 4.69) is 10.3 Å². The van der Waals surface area contributed by atoms with Crippen LogP contribution in [-0.2, 0) is 13.2 Å². The fourth-order valence-corrected chi connectivity index (χ4v) is 2.86. The lowest BCUT2D eigenvalue weighted by Crippen LogP contribution is -2.23. The number of benzene rings is 2. The van der Waals surface area contributed by atoms with E-state index in [0.29, 0.717) is 35.2 Å². The first-order valence-corrected chi connectivity index (χ1v) is 9.33. The molecule has 156 valence electrons. The first-order chi connectivity index (χ1) is 14.6. The second-order valence-electron chi connectivity index (χ2n) is 6.38. The molecule has 0 aliphatic carbocycles. The summed E-state index contributed by atoms with van der Waals surface area (Å²) in [4.78, 5) is 16.6. The number of rotatable bonds is 9. The van der Waals surface area contributed by atoms with Crippen molar-refractivity contribution in [3.05, 3.63) is 77.6 Å². The number of nitrogens with zero attached hydrogens (tertiary/aromatic N) is 1. The highest BCUT2D eigenvalue weighted by Crippen LogP contribution is 2.34. The van der Waals surface area contributed by atoms with E-state index in [1.807, 2.05) is 12.1 Å². The fraction of sp³-hybridized carbons (Fsp3) is 0.217. The molecule has 7 heteroatoms. The Balaban J connectivity index is 1.61. The predicted molar refractivity (Wildman–Crippen MR) is 112 cm³/mol. The van der Waals surface area contributed by atoms with E-state index in [-0.39, 0.29) is 12.5 Å². The number of amides is 1. The van der Waals surface area contributed by atoms with Gasteiger partial charge in [-0.1, -0.05) is 6.07 Å². The highest BCUT2D eigenvalue weighted by Gasteiger charge is 2.13. The van der Waals surface area contributed by atoms with Gasteiger partial charge < -0.3 is 24.3 Å². The Bertz CT molecular complexity index is 975. The molecule has 2 aromatic carbocycles. The topological polar surface area (TPSA) is 78.9 Å². The molecule has 0 fully saturated rings. The Hall–Kier alpha value is -3.74. The van der Waals surface area contributed by atoms with Gasteiger partial charge in [-0.15, -0.1) is 0 Å². The minimum Gasteiger partial charge on any atom is -0.496 e. The second-order valence-corrected chi connectivity index (χ2v) is 6.38. The van der Waals surface area contributed by atoms with Crippen LogP contribution in [0, 0.1) is 0 Å². The van der Waals surface area contributed by atoms with Gasteiger partial charge in [-0.25, -0.2) is 0 Å². The first kappa shape index (κ1) is 21.0. The van der Waals surface area contributed by atoms with Crippen LogP contribution in [-0.4, -0.2) is 32.2 Å². The van der Waals surface area contributed by atoms with Gasteiger partial charge in [0.25, 0.3) is 5.91 Å². The van der Waals surface area contributed by atoms with Crippen molar-refractivity contribution in [1.82, 2.24) is 10.3 Å². The zero-order valence-electron chi connectivity index (χ0n) is 17.2. The minimum absolute atomic E-state index is 0.203. The van der Waals surface area contributed by atoms with Crippen molar-refractivity contribution in [3.8, 4) is 23.0 Å². The van der Waals surface area contributed by atoms with Crippen LogP contribution < -0.4 is 24.3 Å². The monoisotopic (exact) mass is 408 g/mol. The number of ether oxygens (including phenoxy) is 4. The van der Waals surface area contributed by atoms with Crippen LogP contribution in [0.4, 0.5) is 0 Å². The van der Waals surface area contributed by atoms with Gasteiger partial charge >= 0.3 is 0 Å². The van der Waals surface area contributed by atoms with Crippen molar-refractivity contribution in [2.45, 2.75) is 13.2 Å². The summed E-state index contributed by atoms with van der Waals surface area (Å²) >= 11 is 0. The SMILES string of the molecule is COc1cc(OC)c(OC)cc1CNC(=O)c1ccc(OCc2cccnc2)cc1. The zero-order valence-corrected chi connectivity index (χ0v) is 17.2. The number of aromatic nitrogens is 1. The summed E-state index contributed by atoms with van der Waals surface area (Å²) in [7, 11) is 4.68. The third kappa shape index (κ3) is 5.20. The predicted octanol–water partition coefficient (Wildman–Crippen LogP) is 3.62. The van der Waals surface area contributed by atoms with Crippen LogP contribution in [0.3, 0.4) is 0 Å². The van der Waals surface area contributed by atoms with Gasteiger partial charge in [-0.3, -0.25) is 9.78 Å². The van der Waals surface area contributed by atoms with E-state index in [0.717, 1.165) is 11.1 Å². The van der Waals surface area contributed by atoms with Crippen molar-refractivity contribution >= 4 is 5.91 Å². The molecular formula is C23H24N2O5. The van der Waals surface area contributed by atoms with Gasteiger partial charge in [0.2, 0.25) is 0 Å². The van der Waals surface area contributed by atoms with Gasteiger partial charge in [0.15, 0.2) is 11.5 Å². The number of methoxy groups -OCH3 is 3. The van der Waals surface area contributed by atoms with E-state index in [4.69, 9.17) is 18.9 Å². The standard InChI is InChI=1S/C23H24N2O5/c1-27-20-12-22(29-3)21(28-2)11-18(20)14-25-23(26)17-6-8-19(9-7-17)30-15-16-5-4-10-24-13-16/h4-13H,14-15H2,1-3H3,(H,25,26). The second kappa shape index (κ2) is 10.2. The highest BCUT2D eigenvalue weighted by atomic mass is 16.5. The molecule has 0 aliphatic rings. The molecule has 0 unspecified atom stereocenters. The number of nitrogens with one attached hydrogen (secondary N) is 1. The third-order valence-electron chi connectivity index (χ3n) is 4.47. The van der Waals surface area contributed by atoms with Crippen molar-refractivity contribution in [3.63, 3.8) is 0 Å². The summed E-state index contributed by atoms with van der Waals surface area (Å²) in [6, 6.07) is 14.3. The molecule has 0 radical (unpaired) electrons. The molecule has 1 heterocycles. The zero-order chi connectivity index (χ0) is 21.3. The molecule has 3 rings (SSSR count). The Morgan fingerprint density at radius 1 is 0.933 bits per heavy atom. The Kier molecular flexibility index (Phi) is 7.10. The molecule has 30 heavy (non-hydrogen) atoms. The average molecular weight is 408 g/mol. The number of carbonyl (C=O) groups excluding carboxylic acids is 1. The lowest BCUT2D eigenvalue weighted by Gasteiger charge is -2.14. The average Bonchev–Trinajstić information content (AvgIpc) is 2.81. The lowest BCUT2D eigenvalue weighted by atomic mass is 10.1. The van der Waals surface area contributed by atoms with E-state index in [9.17, 15) is 4.79 Å². The fourth-order valence-electron chi connectivity index (χ4n) is 2.86. The molecule has 0 spiro atoms. The molecular weight excluding hydrogens is 384 g/mol. The van der Waals surface area contributed by atoms with Crippen molar-refractivity contribution in [2.24, 2.45) is 0 Å². The van der Waals surface area contributed by atoms with Crippen LogP contribution in [0.25, 0.3) is 0 Å². The third-order valence-corrected chi connectivity index (χ3v) is 4.47. The molecule has 1 amide bonds. The van der Waals surface area contributed by atoms with Crippen LogP contribution in [0.2, 0.25) is 0 Å². The van der Waals surface area contributed by atoms with E-state index < -0.39 is 0 Å². The maximum atomic E-state index is 12.5. The molecule has 1 aromatic heterocycles. The summed E-state index contributed by atoms with van der Waals surface area (Å²) < 4.78 is 21.7. The number of hydrogen-bond donors (Lipinski definition) is 1. The highest BCUT2D eigenvalue weighted by molar-refractivity contribution is 5.94. The Morgan fingerprint density at radius 2 is 1.63 bits per heavy atom. The van der Waals surface area contributed by atoms with E-state index in [1.165, 1.54) is 0 Å². The molecule has 0 bridgehead atoms. The summed E-state index contributed by atoms with van der Waals surface area (Å²) in [5.41, 5.74) is 2.28. The lowest BCUT2D eigenvalue weighted by molar-refractivity contribution is 0.0950. The normalized spacial score (nSPS) is 10.2. The van der Waals surface area contributed by atoms with Crippen LogP contribution >= 0.6 is 0 Å². The smallest absolute Gasteiger partial charge is 0.251 e. The van der Waals surface area contributed by atoms with E-state index >= 15 is 0 Å². The maximum absolute atomic E-state index is 12.5. The van der Waals surface area contributed by atoms with Gasteiger partial charge in [-0.05, 0) is 36.4 Å². The molecule has 0 atom stereocenters. The maximum Gasteiger partial charge on any atom is 0.251 e. The Labute approximate surface area is 175 Å². The number of carbonyl (C=O) groups is 1. The van der Waals surface area contributed by atoms with Crippen LogP contribution in [0.15, 0.2) is 60.9 Å². The first-order valence-electron chi connectivity index (χ1n) is 9.33. The van der Waals surface area contributed by atoms with E-state index in [1.54, 1.807) is 70.1 Å².